The molecule has 5 nitrogen and oxygen atoms in total. The first-order valence-corrected chi connectivity index (χ1v) is 7.51. The fourth-order valence-electron chi connectivity index (χ4n) is 2.32. The second kappa shape index (κ2) is 6.24. The Morgan fingerprint density at radius 2 is 2.10 bits per heavy atom. The lowest BCUT2D eigenvalue weighted by atomic mass is 10.0. The van der Waals surface area contributed by atoms with E-state index in [1.54, 1.807) is 6.07 Å². The van der Waals surface area contributed by atoms with Gasteiger partial charge in [0.2, 0.25) is 11.8 Å². The third kappa shape index (κ3) is 3.40. The summed E-state index contributed by atoms with van der Waals surface area (Å²) in [7, 11) is 0. The van der Waals surface area contributed by atoms with E-state index in [1.807, 2.05) is 38.7 Å². The molecule has 5 heteroatoms. The van der Waals surface area contributed by atoms with Crippen molar-refractivity contribution in [2.45, 2.75) is 53.1 Å². The Hall–Kier alpha value is -1.91. The number of pyridine rings is 1. The molecule has 1 N–H and O–H groups in total. The monoisotopic (exact) mass is 289 g/mol. The molecule has 0 radical (unpaired) electrons. The van der Waals surface area contributed by atoms with Gasteiger partial charge >= 0.3 is 0 Å². The van der Waals surface area contributed by atoms with Gasteiger partial charge in [0.15, 0.2) is 0 Å². The van der Waals surface area contributed by atoms with Gasteiger partial charge in [-0.05, 0) is 31.9 Å². The molecule has 0 saturated carbocycles. The number of rotatable bonds is 4. The average molecular weight is 289 g/mol. The van der Waals surface area contributed by atoms with Crippen LogP contribution < -0.4 is 5.32 Å². The maximum atomic E-state index is 12.0. The van der Waals surface area contributed by atoms with Crippen LogP contribution in [0.4, 0.5) is 5.82 Å². The first kappa shape index (κ1) is 15.5. The van der Waals surface area contributed by atoms with Crippen LogP contribution in [0.2, 0.25) is 0 Å². The minimum atomic E-state index is -0.0310. The third-order valence-corrected chi connectivity index (χ3v) is 3.99. The van der Waals surface area contributed by atoms with Crippen LogP contribution in [0.5, 0.6) is 0 Å². The molecule has 0 spiro atoms. The summed E-state index contributed by atoms with van der Waals surface area (Å²) in [5, 5.41) is 2.84. The zero-order valence-corrected chi connectivity index (χ0v) is 13.1. The summed E-state index contributed by atoms with van der Waals surface area (Å²) in [6.45, 7) is 8.39. The molecule has 2 rings (SSSR count). The number of fused-ring (bicyclic) bond motifs is 1. The first-order valence-electron chi connectivity index (χ1n) is 7.51. The second-order valence-corrected chi connectivity index (χ2v) is 5.89. The van der Waals surface area contributed by atoms with E-state index < -0.39 is 0 Å². The molecule has 0 fully saturated rings. The van der Waals surface area contributed by atoms with Gasteiger partial charge in [-0.2, -0.15) is 0 Å². The van der Waals surface area contributed by atoms with Crippen molar-refractivity contribution in [3.8, 4) is 0 Å². The number of hydrogen-bond donors (Lipinski definition) is 1. The summed E-state index contributed by atoms with van der Waals surface area (Å²) < 4.78 is 0. The fourth-order valence-corrected chi connectivity index (χ4v) is 2.32. The van der Waals surface area contributed by atoms with Crippen LogP contribution in [0, 0.1) is 5.92 Å². The summed E-state index contributed by atoms with van der Waals surface area (Å²) in [5.41, 5.74) is 1.84. The summed E-state index contributed by atoms with van der Waals surface area (Å²) in [6, 6.07) is 3.83. The summed E-state index contributed by atoms with van der Waals surface area (Å²) >= 11 is 0. The number of amides is 2. The Labute approximate surface area is 125 Å². The molecule has 1 aromatic heterocycles. The average Bonchev–Trinajstić information content (AvgIpc) is 2.45. The van der Waals surface area contributed by atoms with E-state index in [2.05, 4.69) is 10.3 Å². The molecular weight excluding hydrogens is 266 g/mol. The lowest BCUT2D eigenvalue weighted by Crippen LogP contribution is -2.41. The zero-order chi connectivity index (χ0) is 15.6. The molecule has 2 amide bonds. The highest BCUT2D eigenvalue weighted by molar-refractivity contribution is 5.91. The fraction of sp³-hybridized carbons (Fsp3) is 0.562. The van der Waals surface area contributed by atoms with Crippen LogP contribution in [0.3, 0.4) is 0 Å². The predicted molar refractivity (Wildman–Crippen MR) is 81.7 cm³/mol. The van der Waals surface area contributed by atoms with E-state index in [0.717, 1.165) is 17.7 Å². The van der Waals surface area contributed by atoms with Gasteiger partial charge < -0.3 is 10.2 Å². The highest BCUT2D eigenvalue weighted by Gasteiger charge is 2.26. The number of aromatic nitrogens is 1. The summed E-state index contributed by atoms with van der Waals surface area (Å²) in [6.07, 6.45) is 1.19. The molecule has 1 atom stereocenters. The highest BCUT2D eigenvalue weighted by Crippen LogP contribution is 2.22. The standard InChI is InChI=1S/C16H23N3O2/c1-5-11(4)16(21)18-14-7-6-12-8-15(20)19(10(2)3)9-13(12)17-14/h6-7,10-11H,5,8-9H2,1-4H3,(H,17,18,21)/t11-/m1/s1. The SMILES string of the molecule is CC[C@@H](C)C(=O)Nc1ccc2c(n1)CN(C(C)C)C(=O)C2. The minimum absolute atomic E-state index is 0.0162. The van der Waals surface area contributed by atoms with Gasteiger partial charge in [-0.3, -0.25) is 9.59 Å². The Kier molecular flexibility index (Phi) is 4.60. The molecule has 1 aliphatic heterocycles. The molecule has 0 saturated heterocycles. The van der Waals surface area contributed by atoms with E-state index in [9.17, 15) is 9.59 Å². The lowest BCUT2D eigenvalue weighted by Gasteiger charge is -2.31. The number of carbonyl (C=O) groups excluding carboxylic acids is 2. The molecular formula is C16H23N3O2. The molecule has 114 valence electrons. The maximum Gasteiger partial charge on any atom is 0.228 e. The molecule has 0 bridgehead atoms. The van der Waals surface area contributed by atoms with E-state index in [-0.39, 0.29) is 23.8 Å². The highest BCUT2D eigenvalue weighted by atomic mass is 16.2. The predicted octanol–water partition coefficient (Wildman–Crippen LogP) is 2.36. The van der Waals surface area contributed by atoms with Crippen LogP contribution in [-0.2, 0) is 22.6 Å². The molecule has 1 aliphatic rings. The van der Waals surface area contributed by atoms with Crippen molar-refractivity contribution < 1.29 is 9.59 Å². The Morgan fingerprint density at radius 3 is 2.71 bits per heavy atom. The van der Waals surface area contributed by atoms with E-state index in [4.69, 9.17) is 0 Å². The largest absolute Gasteiger partial charge is 0.334 e. The van der Waals surface area contributed by atoms with Crippen LogP contribution in [0.25, 0.3) is 0 Å². The van der Waals surface area contributed by atoms with Crippen LogP contribution in [0.1, 0.15) is 45.4 Å². The van der Waals surface area contributed by atoms with Crippen LogP contribution in [0.15, 0.2) is 12.1 Å². The van der Waals surface area contributed by atoms with Crippen molar-refractivity contribution in [3.63, 3.8) is 0 Å². The zero-order valence-electron chi connectivity index (χ0n) is 13.1. The first-order chi connectivity index (χ1) is 9.92. The Balaban J connectivity index is 2.18. The normalized spacial score (nSPS) is 15.9. The van der Waals surface area contributed by atoms with Gasteiger partial charge in [-0.1, -0.05) is 19.9 Å². The number of anilines is 1. The lowest BCUT2D eigenvalue weighted by molar-refractivity contribution is -0.133. The Morgan fingerprint density at radius 1 is 1.38 bits per heavy atom. The van der Waals surface area contributed by atoms with Gasteiger partial charge in [0.05, 0.1) is 18.7 Å². The van der Waals surface area contributed by atoms with Gasteiger partial charge in [-0.25, -0.2) is 4.98 Å². The van der Waals surface area contributed by atoms with Crippen molar-refractivity contribution in [1.82, 2.24) is 9.88 Å². The molecule has 0 aromatic carbocycles. The van der Waals surface area contributed by atoms with Gasteiger partial charge in [0, 0.05) is 12.0 Å². The molecule has 0 aliphatic carbocycles. The molecule has 1 aromatic rings. The topological polar surface area (TPSA) is 62.3 Å². The van der Waals surface area contributed by atoms with Gasteiger partial charge in [-0.15, -0.1) is 0 Å². The molecule has 0 unspecified atom stereocenters. The van der Waals surface area contributed by atoms with Gasteiger partial charge in [0.1, 0.15) is 5.82 Å². The maximum absolute atomic E-state index is 12.0. The van der Waals surface area contributed by atoms with E-state index in [1.165, 1.54) is 0 Å². The second-order valence-electron chi connectivity index (χ2n) is 5.89. The van der Waals surface area contributed by atoms with Crippen molar-refractivity contribution in [3.05, 3.63) is 23.4 Å². The smallest absolute Gasteiger partial charge is 0.228 e. The summed E-state index contributed by atoms with van der Waals surface area (Å²) in [5.74, 6) is 0.655. The Bertz CT molecular complexity index is 554. The van der Waals surface area contributed by atoms with Crippen LogP contribution in [-0.4, -0.2) is 27.7 Å². The van der Waals surface area contributed by atoms with Crippen LogP contribution >= 0.6 is 0 Å². The number of carbonyl (C=O) groups is 2. The number of hydrogen-bond acceptors (Lipinski definition) is 3. The van der Waals surface area contributed by atoms with Crippen molar-refractivity contribution >= 4 is 17.6 Å². The van der Waals surface area contributed by atoms with Crippen molar-refractivity contribution in [1.29, 1.82) is 0 Å². The number of nitrogens with one attached hydrogen (secondary N) is 1. The minimum Gasteiger partial charge on any atom is -0.334 e. The van der Waals surface area contributed by atoms with Crippen molar-refractivity contribution in [2.24, 2.45) is 5.92 Å². The van der Waals surface area contributed by atoms with E-state index in [0.29, 0.717) is 18.8 Å². The summed E-state index contributed by atoms with van der Waals surface area (Å²) in [4.78, 5) is 30.3. The van der Waals surface area contributed by atoms with Crippen molar-refractivity contribution in [2.75, 3.05) is 5.32 Å². The molecule has 2 heterocycles. The van der Waals surface area contributed by atoms with E-state index >= 15 is 0 Å². The number of nitrogens with zero attached hydrogens (tertiary/aromatic N) is 2. The third-order valence-electron chi connectivity index (χ3n) is 3.99. The quantitative estimate of drug-likeness (QED) is 0.925. The van der Waals surface area contributed by atoms with Gasteiger partial charge in [0.25, 0.3) is 0 Å². The molecule has 21 heavy (non-hydrogen) atoms.